The van der Waals surface area contributed by atoms with E-state index in [1.54, 1.807) is 18.0 Å². The third-order valence-corrected chi connectivity index (χ3v) is 3.35. The number of carbonyl (C=O) groups is 1. The lowest BCUT2D eigenvalue weighted by Crippen LogP contribution is -2.29. The van der Waals surface area contributed by atoms with Gasteiger partial charge in [0.25, 0.3) is 5.91 Å². The van der Waals surface area contributed by atoms with Crippen molar-refractivity contribution in [2.75, 3.05) is 19.3 Å². The molecule has 2 unspecified atom stereocenters. The number of carbonyl (C=O) groups excluding carboxylic acids is 1. The maximum atomic E-state index is 13.6. The van der Waals surface area contributed by atoms with E-state index < -0.39 is 5.82 Å². The summed E-state index contributed by atoms with van der Waals surface area (Å²) in [5, 5.41) is 0. The molecule has 4 heteroatoms. The van der Waals surface area contributed by atoms with Gasteiger partial charge in [0, 0.05) is 19.3 Å². The van der Waals surface area contributed by atoms with Crippen molar-refractivity contribution in [3.05, 3.63) is 29.6 Å². The van der Waals surface area contributed by atoms with Crippen LogP contribution in [0.2, 0.25) is 0 Å². The summed E-state index contributed by atoms with van der Waals surface area (Å²) in [7, 11) is 1.71. The Balaban J connectivity index is 2.07. The van der Waals surface area contributed by atoms with E-state index in [9.17, 15) is 9.18 Å². The van der Waals surface area contributed by atoms with Gasteiger partial charge in [0.15, 0.2) is 0 Å². The minimum absolute atomic E-state index is 0.0926. The summed E-state index contributed by atoms with van der Waals surface area (Å²) in [5.41, 5.74) is 5.87. The van der Waals surface area contributed by atoms with Gasteiger partial charge in [0.2, 0.25) is 0 Å². The van der Waals surface area contributed by atoms with Crippen LogP contribution >= 0.6 is 0 Å². The first-order valence-corrected chi connectivity index (χ1v) is 5.79. The molecule has 0 saturated heterocycles. The summed E-state index contributed by atoms with van der Waals surface area (Å²) in [6.07, 6.45) is 1.15. The smallest absolute Gasteiger partial charge is 0.256 e. The molecule has 0 radical (unpaired) electrons. The van der Waals surface area contributed by atoms with Gasteiger partial charge >= 0.3 is 0 Å². The molecular formula is C13H17FN2O. The fourth-order valence-corrected chi connectivity index (χ4v) is 2.00. The van der Waals surface area contributed by atoms with Gasteiger partial charge in [-0.15, -0.1) is 0 Å². The van der Waals surface area contributed by atoms with Crippen molar-refractivity contribution in [3.8, 4) is 0 Å². The number of benzene rings is 1. The topological polar surface area (TPSA) is 46.3 Å². The van der Waals surface area contributed by atoms with E-state index in [0.29, 0.717) is 24.1 Å². The lowest BCUT2D eigenvalue weighted by molar-refractivity contribution is 0.0782. The molecule has 17 heavy (non-hydrogen) atoms. The minimum atomic E-state index is -0.550. The Morgan fingerprint density at radius 2 is 2.24 bits per heavy atom. The molecule has 0 aromatic heterocycles. The van der Waals surface area contributed by atoms with Crippen molar-refractivity contribution >= 4 is 11.6 Å². The SMILES string of the molecule is CC1CC1CN(C)C(=O)c1ccc(N)cc1F. The Kier molecular flexibility index (Phi) is 3.05. The van der Waals surface area contributed by atoms with E-state index in [-0.39, 0.29) is 11.5 Å². The number of nitrogens with two attached hydrogens (primary N) is 1. The highest BCUT2D eigenvalue weighted by Crippen LogP contribution is 2.38. The van der Waals surface area contributed by atoms with E-state index in [2.05, 4.69) is 6.92 Å². The molecule has 2 N–H and O–H groups in total. The first kappa shape index (κ1) is 11.9. The second-order valence-electron chi connectivity index (χ2n) is 4.90. The number of hydrogen-bond donors (Lipinski definition) is 1. The summed E-state index contributed by atoms with van der Waals surface area (Å²) in [6, 6.07) is 4.17. The first-order valence-electron chi connectivity index (χ1n) is 5.79. The van der Waals surface area contributed by atoms with Crippen LogP contribution in [0.4, 0.5) is 10.1 Å². The average molecular weight is 236 g/mol. The van der Waals surface area contributed by atoms with E-state index in [1.807, 2.05) is 0 Å². The van der Waals surface area contributed by atoms with E-state index in [4.69, 9.17) is 5.73 Å². The Morgan fingerprint density at radius 3 is 2.76 bits per heavy atom. The van der Waals surface area contributed by atoms with Crippen molar-refractivity contribution in [2.45, 2.75) is 13.3 Å². The zero-order valence-electron chi connectivity index (χ0n) is 10.1. The average Bonchev–Trinajstić information content (AvgIpc) is 2.93. The number of amides is 1. The van der Waals surface area contributed by atoms with Crippen LogP contribution in [0.25, 0.3) is 0 Å². The molecule has 2 atom stereocenters. The molecule has 92 valence electrons. The minimum Gasteiger partial charge on any atom is -0.399 e. The number of rotatable bonds is 3. The summed E-state index contributed by atoms with van der Waals surface area (Å²) in [4.78, 5) is 13.6. The molecular weight excluding hydrogens is 219 g/mol. The van der Waals surface area contributed by atoms with Crippen molar-refractivity contribution < 1.29 is 9.18 Å². The van der Waals surface area contributed by atoms with Gasteiger partial charge in [-0.25, -0.2) is 4.39 Å². The fourth-order valence-electron chi connectivity index (χ4n) is 2.00. The molecule has 0 heterocycles. The van der Waals surface area contributed by atoms with E-state index in [0.717, 1.165) is 6.42 Å². The molecule has 1 aliphatic rings. The van der Waals surface area contributed by atoms with Crippen LogP contribution in [0.15, 0.2) is 18.2 Å². The monoisotopic (exact) mass is 236 g/mol. The zero-order chi connectivity index (χ0) is 12.6. The number of halogens is 1. The van der Waals surface area contributed by atoms with Crippen LogP contribution in [0.5, 0.6) is 0 Å². The Hall–Kier alpha value is -1.58. The van der Waals surface area contributed by atoms with Gasteiger partial charge in [0.1, 0.15) is 5.82 Å². The maximum absolute atomic E-state index is 13.6. The molecule has 1 aromatic rings. The van der Waals surface area contributed by atoms with Crippen LogP contribution < -0.4 is 5.73 Å². The summed E-state index contributed by atoms with van der Waals surface area (Å²) in [5.74, 6) is 0.426. The number of anilines is 1. The van der Waals surface area contributed by atoms with E-state index >= 15 is 0 Å². The summed E-state index contributed by atoms with van der Waals surface area (Å²) >= 11 is 0. The highest BCUT2D eigenvalue weighted by molar-refractivity contribution is 5.94. The molecule has 1 aromatic carbocycles. The predicted octanol–water partition coefficient (Wildman–Crippen LogP) is 2.14. The molecule has 0 spiro atoms. The van der Waals surface area contributed by atoms with Crippen molar-refractivity contribution in [1.29, 1.82) is 0 Å². The highest BCUT2D eigenvalue weighted by Gasteiger charge is 2.34. The first-order chi connectivity index (χ1) is 7.99. The molecule has 1 amide bonds. The predicted molar refractivity (Wildman–Crippen MR) is 65.0 cm³/mol. The second kappa shape index (κ2) is 4.35. The van der Waals surface area contributed by atoms with Crippen molar-refractivity contribution in [1.82, 2.24) is 4.90 Å². The summed E-state index contributed by atoms with van der Waals surface area (Å²) in [6.45, 7) is 2.86. The van der Waals surface area contributed by atoms with Crippen molar-refractivity contribution in [2.24, 2.45) is 11.8 Å². The normalized spacial score (nSPS) is 22.3. The standard InChI is InChI=1S/C13H17FN2O/c1-8-5-9(8)7-16(2)13(17)11-4-3-10(15)6-12(11)14/h3-4,6,8-9H,5,7,15H2,1-2H3. The lowest BCUT2D eigenvalue weighted by Gasteiger charge is -2.17. The Bertz CT molecular complexity index is 447. The van der Waals surface area contributed by atoms with Crippen molar-refractivity contribution in [3.63, 3.8) is 0 Å². The third kappa shape index (κ3) is 2.57. The molecule has 1 aliphatic carbocycles. The molecule has 1 fully saturated rings. The van der Waals surface area contributed by atoms with E-state index in [1.165, 1.54) is 12.1 Å². The van der Waals surface area contributed by atoms with Gasteiger partial charge in [-0.1, -0.05) is 6.92 Å². The lowest BCUT2D eigenvalue weighted by atomic mass is 10.1. The quantitative estimate of drug-likeness (QED) is 0.817. The van der Waals surface area contributed by atoms with Gasteiger partial charge in [-0.2, -0.15) is 0 Å². The molecule has 0 aliphatic heterocycles. The van der Waals surface area contributed by atoms with Crippen LogP contribution in [0, 0.1) is 17.7 Å². The second-order valence-corrected chi connectivity index (χ2v) is 4.90. The molecule has 1 saturated carbocycles. The van der Waals surface area contributed by atoms with Gasteiger partial charge in [0.05, 0.1) is 5.56 Å². The third-order valence-electron chi connectivity index (χ3n) is 3.35. The molecule has 3 nitrogen and oxygen atoms in total. The van der Waals surface area contributed by atoms with Crippen LogP contribution in [-0.4, -0.2) is 24.4 Å². The zero-order valence-corrected chi connectivity index (χ0v) is 10.1. The number of nitrogen functional groups attached to an aromatic ring is 1. The maximum Gasteiger partial charge on any atom is 0.256 e. The van der Waals surface area contributed by atoms with Crippen LogP contribution in [0.3, 0.4) is 0 Å². The molecule has 2 rings (SSSR count). The van der Waals surface area contributed by atoms with Gasteiger partial charge in [-0.3, -0.25) is 4.79 Å². The van der Waals surface area contributed by atoms with Crippen LogP contribution in [0.1, 0.15) is 23.7 Å². The van der Waals surface area contributed by atoms with Crippen LogP contribution in [-0.2, 0) is 0 Å². The largest absolute Gasteiger partial charge is 0.399 e. The Morgan fingerprint density at radius 1 is 1.59 bits per heavy atom. The highest BCUT2D eigenvalue weighted by atomic mass is 19.1. The number of nitrogens with zero attached hydrogens (tertiary/aromatic N) is 1. The number of hydrogen-bond acceptors (Lipinski definition) is 2. The fraction of sp³-hybridized carbons (Fsp3) is 0.462. The van der Waals surface area contributed by atoms with Gasteiger partial charge < -0.3 is 10.6 Å². The molecule has 0 bridgehead atoms. The van der Waals surface area contributed by atoms with Gasteiger partial charge in [-0.05, 0) is 36.5 Å². The Labute approximate surface area is 100 Å². The summed E-state index contributed by atoms with van der Waals surface area (Å²) < 4.78 is 13.6.